The minimum atomic E-state index is -4.38. The molecular formula is C15H15F3N2OS. The Morgan fingerprint density at radius 2 is 2.14 bits per heavy atom. The van der Waals surface area contributed by atoms with E-state index >= 15 is 0 Å². The molecule has 0 radical (unpaired) electrons. The third-order valence-electron chi connectivity index (χ3n) is 3.76. The molecule has 2 aromatic rings. The number of pyridine rings is 1. The van der Waals surface area contributed by atoms with E-state index in [1.807, 2.05) is 0 Å². The molecule has 1 aliphatic heterocycles. The summed E-state index contributed by atoms with van der Waals surface area (Å²) in [5.74, 6) is 1.59. The molecule has 1 atom stereocenters. The largest absolute Gasteiger partial charge is 0.416 e. The average Bonchev–Trinajstić information content (AvgIpc) is 2.91. The Labute approximate surface area is 129 Å². The second kappa shape index (κ2) is 5.62. The summed E-state index contributed by atoms with van der Waals surface area (Å²) in [5, 5.41) is 14.1. The van der Waals surface area contributed by atoms with E-state index in [9.17, 15) is 18.3 Å². The highest BCUT2D eigenvalue weighted by Gasteiger charge is 2.32. The first kappa shape index (κ1) is 15.4. The number of halogens is 3. The van der Waals surface area contributed by atoms with Crippen LogP contribution in [-0.2, 0) is 6.18 Å². The number of rotatable bonds is 3. The van der Waals surface area contributed by atoms with Crippen molar-refractivity contribution < 1.29 is 18.3 Å². The fraction of sp³-hybridized carbons (Fsp3) is 0.400. The van der Waals surface area contributed by atoms with Crippen molar-refractivity contribution in [3.8, 4) is 0 Å². The number of nitrogens with zero attached hydrogens (tertiary/aromatic N) is 1. The molecule has 118 valence electrons. The highest BCUT2D eigenvalue weighted by atomic mass is 32.2. The molecule has 0 amide bonds. The van der Waals surface area contributed by atoms with Crippen molar-refractivity contribution in [3.05, 3.63) is 36.0 Å². The van der Waals surface area contributed by atoms with E-state index in [0.717, 1.165) is 17.9 Å². The van der Waals surface area contributed by atoms with Crippen molar-refractivity contribution >= 4 is 28.4 Å². The molecule has 0 aliphatic carbocycles. The van der Waals surface area contributed by atoms with Crippen molar-refractivity contribution in [2.75, 3.05) is 23.4 Å². The van der Waals surface area contributed by atoms with Gasteiger partial charge in [-0.25, -0.2) is 0 Å². The number of benzene rings is 1. The number of hydrogen-bond donors (Lipinski definition) is 2. The Balaban J connectivity index is 1.87. The third kappa shape index (κ3) is 3.15. The number of aromatic nitrogens is 1. The molecule has 0 saturated carbocycles. The first-order chi connectivity index (χ1) is 10.4. The van der Waals surface area contributed by atoms with Crippen molar-refractivity contribution in [1.82, 2.24) is 4.98 Å². The number of alkyl halides is 3. The lowest BCUT2D eigenvalue weighted by Crippen LogP contribution is -2.36. The van der Waals surface area contributed by atoms with Gasteiger partial charge < -0.3 is 10.4 Å². The van der Waals surface area contributed by atoms with Crippen LogP contribution in [-0.4, -0.2) is 33.7 Å². The van der Waals surface area contributed by atoms with Gasteiger partial charge in [-0.3, -0.25) is 4.98 Å². The van der Waals surface area contributed by atoms with Crippen LogP contribution in [0.5, 0.6) is 0 Å². The van der Waals surface area contributed by atoms with Crippen LogP contribution in [0.1, 0.15) is 12.0 Å². The Morgan fingerprint density at radius 1 is 1.32 bits per heavy atom. The molecule has 2 heterocycles. The molecule has 7 heteroatoms. The maximum Gasteiger partial charge on any atom is 0.416 e. The van der Waals surface area contributed by atoms with Crippen LogP contribution in [0.3, 0.4) is 0 Å². The molecular weight excluding hydrogens is 313 g/mol. The lowest BCUT2D eigenvalue weighted by atomic mass is 10.0. The van der Waals surface area contributed by atoms with Gasteiger partial charge in [0.15, 0.2) is 0 Å². The molecule has 2 N–H and O–H groups in total. The van der Waals surface area contributed by atoms with Gasteiger partial charge in [-0.15, -0.1) is 0 Å². The van der Waals surface area contributed by atoms with Crippen LogP contribution in [0.4, 0.5) is 18.9 Å². The summed E-state index contributed by atoms with van der Waals surface area (Å²) < 4.78 is 38.2. The highest BCUT2D eigenvalue weighted by molar-refractivity contribution is 7.99. The van der Waals surface area contributed by atoms with Gasteiger partial charge in [0.2, 0.25) is 0 Å². The lowest BCUT2D eigenvalue weighted by Gasteiger charge is -2.22. The van der Waals surface area contributed by atoms with E-state index in [4.69, 9.17) is 0 Å². The first-order valence-corrected chi connectivity index (χ1v) is 8.03. The van der Waals surface area contributed by atoms with Crippen LogP contribution >= 0.6 is 11.8 Å². The van der Waals surface area contributed by atoms with E-state index < -0.39 is 17.3 Å². The summed E-state index contributed by atoms with van der Waals surface area (Å²) in [4.78, 5) is 4.01. The lowest BCUT2D eigenvalue weighted by molar-refractivity contribution is -0.137. The summed E-state index contributed by atoms with van der Waals surface area (Å²) in [7, 11) is 0. The number of nitrogens with one attached hydrogen (secondary N) is 1. The number of aliphatic hydroxyl groups is 1. The molecule has 22 heavy (non-hydrogen) atoms. The van der Waals surface area contributed by atoms with Crippen LogP contribution in [0, 0.1) is 0 Å². The standard InChI is InChI=1S/C15H15F3N2OS/c16-15(17,18)10-1-2-11-12(3-5-19-13(11)7-10)20-8-14(21)4-6-22-9-14/h1-3,5,7,21H,4,6,8-9H2,(H,19,20). The molecule has 1 aromatic carbocycles. The van der Waals surface area contributed by atoms with E-state index in [1.165, 1.54) is 12.3 Å². The Morgan fingerprint density at radius 3 is 2.82 bits per heavy atom. The fourth-order valence-corrected chi connectivity index (χ4v) is 3.77. The van der Waals surface area contributed by atoms with E-state index in [-0.39, 0.29) is 5.52 Å². The second-order valence-corrected chi connectivity index (χ2v) is 6.57. The zero-order chi connectivity index (χ0) is 15.8. The Kier molecular flexibility index (Phi) is 3.94. The fourth-order valence-electron chi connectivity index (χ4n) is 2.47. The quantitative estimate of drug-likeness (QED) is 0.905. The van der Waals surface area contributed by atoms with Crippen LogP contribution < -0.4 is 5.32 Å². The SMILES string of the molecule is OC1(CNc2ccnc3cc(C(F)(F)F)ccc23)CCSC1. The molecule has 1 aromatic heterocycles. The van der Waals surface area contributed by atoms with Crippen LogP contribution in [0.15, 0.2) is 30.5 Å². The van der Waals surface area contributed by atoms with Crippen molar-refractivity contribution in [2.45, 2.75) is 18.2 Å². The van der Waals surface area contributed by atoms with Gasteiger partial charge >= 0.3 is 6.18 Å². The van der Waals surface area contributed by atoms with Crippen molar-refractivity contribution in [1.29, 1.82) is 0 Å². The number of anilines is 1. The monoisotopic (exact) mass is 328 g/mol. The van der Waals surface area contributed by atoms with E-state index in [2.05, 4.69) is 10.3 Å². The average molecular weight is 328 g/mol. The van der Waals surface area contributed by atoms with Crippen LogP contribution in [0.2, 0.25) is 0 Å². The first-order valence-electron chi connectivity index (χ1n) is 6.87. The molecule has 3 nitrogen and oxygen atoms in total. The maximum absolute atomic E-state index is 12.7. The van der Waals surface area contributed by atoms with Gasteiger partial charge in [0.25, 0.3) is 0 Å². The molecule has 1 unspecified atom stereocenters. The van der Waals surface area contributed by atoms with Crippen molar-refractivity contribution in [3.63, 3.8) is 0 Å². The van der Waals surface area contributed by atoms with E-state index in [1.54, 1.807) is 17.8 Å². The topological polar surface area (TPSA) is 45.1 Å². The summed E-state index contributed by atoms with van der Waals surface area (Å²) >= 11 is 1.70. The smallest absolute Gasteiger partial charge is 0.387 e. The summed E-state index contributed by atoms with van der Waals surface area (Å²) in [6, 6.07) is 5.22. The summed E-state index contributed by atoms with van der Waals surface area (Å²) in [5.41, 5.74) is -0.501. The van der Waals surface area contributed by atoms with Gasteiger partial charge in [0.05, 0.1) is 16.7 Å². The van der Waals surface area contributed by atoms with Crippen LogP contribution in [0.25, 0.3) is 10.9 Å². The minimum absolute atomic E-state index is 0.285. The molecule has 0 spiro atoms. The van der Waals surface area contributed by atoms with Gasteiger partial charge in [0.1, 0.15) is 0 Å². The summed E-state index contributed by atoms with van der Waals surface area (Å²) in [6.45, 7) is 0.375. The Bertz CT molecular complexity index is 684. The van der Waals surface area contributed by atoms with E-state index in [0.29, 0.717) is 29.8 Å². The highest BCUT2D eigenvalue weighted by Crippen LogP contribution is 2.33. The van der Waals surface area contributed by atoms with Gasteiger partial charge in [-0.2, -0.15) is 24.9 Å². The van der Waals surface area contributed by atoms with Gasteiger partial charge in [0, 0.05) is 29.6 Å². The molecule has 0 bridgehead atoms. The predicted molar refractivity (Wildman–Crippen MR) is 82.1 cm³/mol. The van der Waals surface area contributed by atoms with Crippen molar-refractivity contribution in [2.24, 2.45) is 0 Å². The normalized spacial score (nSPS) is 22.2. The zero-order valence-electron chi connectivity index (χ0n) is 11.7. The van der Waals surface area contributed by atoms with Gasteiger partial charge in [-0.1, -0.05) is 6.07 Å². The molecule has 3 rings (SSSR count). The number of fused-ring (bicyclic) bond motifs is 1. The maximum atomic E-state index is 12.7. The third-order valence-corrected chi connectivity index (χ3v) is 4.99. The number of hydrogen-bond acceptors (Lipinski definition) is 4. The molecule has 1 saturated heterocycles. The molecule has 1 fully saturated rings. The Hall–Kier alpha value is -1.47. The summed E-state index contributed by atoms with van der Waals surface area (Å²) in [6.07, 6.45) is -2.19. The van der Waals surface area contributed by atoms with Gasteiger partial charge in [-0.05, 0) is 30.4 Å². The zero-order valence-corrected chi connectivity index (χ0v) is 12.5. The predicted octanol–water partition coefficient (Wildman–Crippen LogP) is 3.53. The minimum Gasteiger partial charge on any atom is -0.387 e. The second-order valence-electron chi connectivity index (χ2n) is 5.47. The number of thioether (sulfide) groups is 1. The molecule has 1 aliphatic rings.